The third-order valence-electron chi connectivity index (χ3n) is 7.27. The van der Waals surface area contributed by atoms with Gasteiger partial charge in [-0.25, -0.2) is 19.6 Å². The molecule has 20 heteroatoms. The second kappa shape index (κ2) is 25.0. The Hall–Kier alpha value is -6.28. The fourth-order valence-corrected chi connectivity index (χ4v) is 5.67. The van der Waals surface area contributed by atoms with E-state index in [4.69, 9.17) is 14.6 Å². The fraction of sp³-hybridized carbons (Fsp3) is 0.351. The largest absolute Gasteiger partial charge is 0.493 e. The molecule has 4 rings (SSSR count). The first-order valence-electron chi connectivity index (χ1n) is 17.8. The second-order valence-electron chi connectivity index (χ2n) is 11.6. The number of hydrogen-bond acceptors (Lipinski definition) is 13. The van der Waals surface area contributed by atoms with Crippen molar-refractivity contribution in [3.63, 3.8) is 0 Å². The first-order chi connectivity index (χ1) is 27.5. The number of benzene rings is 2. The fourth-order valence-electron chi connectivity index (χ4n) is 4.30. The molecule has 0 aliphatic rings. The number of unbranched alkanes of at least 4 members (excludes halogenated alkanes) is 2. The molecule has 6 amide bonds. The van der Waals surface area contributed by atoms with Gasteiger partial charge in [-0.1, -0.05) is 63.1 Å². The number of hydrogen-bond donors (Lipinski definition) is 7. The van der Waals surface area contributed by atoms with E-state index in [0.29, 0.717) is 13.2 Å². The minimum Gasteiger partial charge on any atom is -0.493 e. The van der Waals surface area contributed by atoms with Crippen LogP contribution in [0.15, 0.2) is 59.3 Å². The molecule has 2 aromatic heterocycles. The van der Waals surface area contributed by atoms with Gasteiger partial charge in [-0.15, -0.1) is 22.7 Å². The average Bonchev–Trinajstić information content (AvgIpc) is 3.88. The number of urea groups is 2. The van der Waals surface area contributed by atoms with Crippen LogP contribution in [0, 0.1) is 0 Å². The highest BCUT2D eigenvalue weighted by Crippen LogP contribution is 2.20. The van der Waals surface area contributed by atoms with E-state index in [1.54, 1.807) is 0 Å². The molecule has 2 aromatic carbocycles. The summed E-state index contributed by atoms with van der Waals surface area (Å²) in [7, 11) is 1.23. The van der Waals surface area contributed by atoms with E-state index < -0.39 is 42.4 Å². The van der Waals surface area contributed by atoms with Crippen molar-refractivity contribution < 1.29 is 48.1 Å². The Morgan fingerprint density at radius 3 is 1.51 bits per heavy atom. The molecule has 4 aromatic rings. The molecule has 0 bridgehead atoms. The van der Waals surface area contributed by atoms with Crippen molar-refractivity contribution in [2.24, 2.45) is 0 Å². The van der Waals surface area contributed by atoms with Gasteiger partial charge in [-0.05, 0) is 25.0 Å². The number of carbonyl (C=O) groups is 6. The van der Waals surface area contributed by atoms with Crippen LogP contribution in [0.25, 0.3) is 0 Å². The molecule has 57 heavy (non-hydrogen) atoms. The van der Waals surface area contributed by atoms with E-state index in [1.807, 2.05) is 48.5 Å². The van der Waals surface area contributed by atoms with Crippen molar-refractivity contribution in [1.82, 2.24) is 31.2 Å². The standard InChI is InChI=1S/C19H24N4O5S.C18H22N4O5S/c1-3-4-9-28-15-8-6-5-7-13(15)10-21-18(26)23-19-22-14(12-29-19)17(25)20-11-16(24)27-2;1-2-3-8-27-14-7-5-4-6-12(14)9-20-17(26)22-18-21-13(11-28-18)16(25)19-10-15(23)24/h5-8,12H,3-4,9-11H2,1-2H3,(H,20,25)(H2,21,22,23,26);4-7,11H,2-3,8-10H2,1H3,(H,19,25)(H,23,24)(H2,20,21,22,26). The van der Waals surface area contributed by atoms with Gasteiger partial charge in [-0.3, -0.25) is 29.8 Å². The second-order valence-corrected chi connectivity index (χ2v) is 13.4. The van der Waals surface area contributed by atoms with Crippen LogP contribution in [-0.2, 0) is 27.4 Å². The van der Waals surface area contributed by atoms with Crippen LogP contribution in [0.2, 0.25) is 0 Å². The number of carboxylic acids is 1. The minimum atomic E-state index is -1.15. The number of aliphatic carboxylic acids is 1. The summed E-state index contributed by atoms with van der Waals surface area (Å²) in [5.41, 5.74) is 1.85. The molecule has 0 atom stereocenters. The maximum atomic E-state index is 12.1. The van der Waals surface area contributed by atoms with Gasteiger partial charge in [0.25, 0.3) is 11.8 Å². The molecule has 306 valence electrons. The number of anilines is 2. The Labute approximate surface area is 337 Å². The van der Waals surface area contributed by atoms with E-state index in [0.717, 1.165) is 71.0 Å². The van der Waals surface area contributed by atoms with Crippen molar-refractivity contribution in [2.45, 2.75) is 52.6 Å². The number of ether oxygens (including phenoxy) is 3. The molecule has 0 fully saturated rings. The van der Waals surface area contributed by atoms with Crippen LogP contribution >= 0.6 is 22.7 Å². The van der Waals surface area contributed by atoms with E-state index in [9.17, 15) is 28.8 Å². The molecule has 0 aliphatic heterocycles. The van der Waals surface area contributed by atoms with Crippen molar-refractivity contribution in [3.05, 3.63) is 81.8 Å². The van der Waals surface area contributed by atoms with Gasteiger partial charge in [0.1, 0.15) is 36.0 Å². The first-order valence-corrected chi connectivity index (χ1v) is 19.6. The highest BCUT2D eigenvalue weighted by atomic mass is 32.1. The quantitative estimate of drug-likeness (QED) is 0.0459. The van der Waals surface area contributed by atoms with Gasteiger partial charge < -0.3 is 40.6 Å². The van der Waals surface area contributed by atoms with Gasteiger partial charge in [0.15, 0.2) is 10.3 Å². The van der Waals surface area contributed by atoms with Gasteiger partial charge in [0, 0.05) is 35.0 Å². The lowest BCUT2D eigenvalue weighted by Gasteiger charge is -2.12. The highest BCUT2D eigenvalue weighted by Gasteiger charge is 2.15. The molecule has 0 saturated heterocycles. The topological polar surface area (TPSA) is 248 Å². The highest BCUT2D eigenvalue weighted by molar-refractivity contribution is 7.14. The summed E-state index contributed by atoms with van der Waals surface area (Å²) in [4.78, 5) is 77.4. The van der Waals surface area contributed by atoms with E-state index in [-0.39, 0.29) is 41.3 Å². The maximum absolute atomic E-state index is 12.1. The van der Waals surface area contributed by atoms with Crippen LogP contribution in [0.4, 0.5) is 19.9 Å². The molecular weight excluding hydrogens is 781 g/mol. The third kappa shape index (κ3) is 17.0. The smallest absolute Gasteiger partial charge is 0.325 e. The zero-order chi connectivity index (χ0) is 41.4. The lowest BCUT2D eigenvalue weighted by molar-refractivity contribution is -0.139. The number of amides is 6. The number of carbonyl (C=O) groups excluding carboxylic acids is 5. The van der Waals surface area contributed by atoms with E-state index >= 15 is 0 Å². The zero-order valence-electron chi connectivity index (χ0n) is 31.7. The summed E-state index contributed by atoms with van der Waals surface area (Å²) in [5, 5.41) is 27.1. The molecule has 0 saturated carbocycles. The van der Waals surface area contributed by atoms with Crippen LogP contribution in [0.3, 0.4) is 0 Å². The van der Waals surface area contributed by atoms with Gasteiger partial charge in [0.05, 0.1) is 20.3 Å². The van der Waals surface area contributed by atoms with Gasteiger partial charge in [0.2, 0.25) is 0 Å². The number of methoxy groups -OCH3 is 1. The predicted molar refractivity (Wildman–Crippen MR) is 214 cm³/mol. The molecule has 18 nitrogen and oxygen atoms in total. The molecule has 0 radical (unpaired) electrons. The normalized spacial score (nSPS) is 10.2. The Morgan fingerprint density at radius 1 is 0.649 bits per heavy atom. The Balaban J connectivity index is 0.000000306. The number of para-hydroxylation sites is 2. The SMILES string of the molecule is CCCCOc1ccccc1CNC(=O)Nc1nc(C(=O)NCC(=O)O)cs1.CCCCOc1ccccc1CNC(=O)Nc1nc(C(=O)NCC(=O)OC)cs1. The lowest BCUT2D eigenvalue weighted by Crippen LogP contribution is -2.30. The average molecular weight is 827 g/mol. The number of nitrogens with one attached hydrogen (secondary N) is 6. The van der Waals surface area contributed by atoms with E-state index in [2.05, 4.69) is 60.5 Å². The number of carboxylic acid groups (broad SMARTS) is 1. The molecule has 7 N–H and O–H groups in total. The van der Waals surface area contributed by atoms with Crippen LogP contribution in [-0.4, -0.2) is 84.3 Å². The van der Waals surface area contributed by atoms with Gasteiger partial charge in [-0.2, -0.15) is 0 Å². The van der Waals surface area contributed by atoms with Crippen molar-refractivity contribution in [2.75, 3.05) is 44.0 Å². The summed E-state index contributed by atoms with van der Waals surface area (Å²) >= 11 is 2.16. The van der Waals surface area contributed by atoms with Crippen molar-refractivity contribution >= 4 is 68.8 Å². The summed E-state index contributed by atoms with van der Waals surface area (Å²) < 4.78 is 15.9. The summed E-state index contributed by atoms with van der Waals surface area (Å²) in [6.07, 6.45) is 3.99. The van der Waals surface area contributed by atoms with Gasteiger partial charge >= 0.3 is 24.0 Å². The van der Waals surface area contributed by atoms with Crippen molar-refractivity contribution in [1.29, 1.82) is 0 Å². The Kier molecular flexibility index (Phi) is 19.8. The van der Waals surface area contributed by atoms with Crippen LogP contribution < -0.4 is 41.4 Å². The zero-order valence-corrected chi connectivity index (χ0v) is 33.3. The van der Waals surface area contributed by atoms with Crippen molar-refractivity contribution in [3.8, 4) is 11.5 Å². The molecule has 0 spiro atoms. The minimum absolute atomic E-state index is 0.0382. The summed E-state index contributed by atoms with van der Waals surface area (Å²) in [5.74, 6) is -1.41. The number of thiazole rings is 2. The molecule has 0 unspecified atom stereocenters. The molecule has 0 aliphatic carbocycles. The number of esters is 1. The Morgan fingerprint density at radius 2 is 1.09 bits per heavy atom. The molecular formula is C37H46N8O10S2. The number of aromatic nitrogens is 2. The van der Waals surface area contributed by atoms with Crippen LogP contribution in [0.5, 0.6) is 11.5 Å². The number of rotatable bonds is 20. The van der Waals surface area contributed by atoms with E-state index in [1.165, 1.54) is 17.9 Å². The summed E-state index contributed by atoms with van der Waals surface area (Å²) in [6.45, 7) is 5.22. The lowest BCUT2D eigenvalue weighted by atomic mass is 10.2. The first kappa shape index (κ1) is 45.1. The summed E-state index contributed by atoms with van der Waals surface area (Å²) in [6, 6.07) is 14.0. The maximum Gasteiger partial charge on any atom is 0.325 e. The molecule has 2 heterocycles. The predicted octanol–water partition coefficient (Wildman–Crippen LogP) is 5.00. The Bertz CT molecular complexity index is 1940. The number of nitrogens with zero attached hydrogens (tertiary/aromatic N) is 2. The monoisotopic (exact) mass is 826 g/mol. The van der Waals surface area contributed by atoms with Crippen LogP contribution in [0.1, 0.15) is 71.6 Å². The third-order valence-corrected chi connectivity index (χ3v) is 8.79.